The fourth-order valence-corrected chi connectivity index (χ4v) is 1.94. The molecule has 3 nitrogen and oxygen atoms in total. The van der Waals surface area contributed by atoms with E-state index >= 15 is 0 Å². The predicted octanol–water partition coefficient (Wildman–Crippen LogP) is 3.93. The van der Waals surface area contributed by atoms with Crippen LogP contribution in [-0.4, -0.2) is 20.7 Å². The van der Waals surface area contributed by atoms with Crippen LogP contribution < -0.4 is 15.0 Å². The monoisotopic (exact) mass is 282 g/mol. The Balaban J connectivity index is 1.88. The maximum Gasteiger partial charge on any atom is 0.119 e. The van der Waals surface area contributed by atoms with E-state index in [0.717, 1.165) is 18.0 Å². The van der Waals surface area contributed by atoms with E-state index in [0.29, 0.717) is 6.61 Å². The van der Waals surface area contributed by atoms with Crippen LogP contribution in [0, 0.1) is 0 Å². The molecule has 0 radical (unpaired) electrons. The molecule has 0 atom stereocenters. The second kappa shape index (κ2) is 7.39. The van der Waals surface area contributed by atoms with Crippen LogP contribution in [0.5, 0.6) is 5.75 Å². The average Bonchev–Trinajstić information content (AvgIpc) is 2.52. The molecule has 0 fully saturated rings. The van der Waals surface area contributed by atoms with Crippen LogP contribution in [0.1, 0.15) is 5.56 Å². The quantitative estimate of drug-likeness (QED) is 0.779. The van der Waals surface area contributed by atoms with Gasteiger partial charge in [0, 0.05) is 32.0 Å². The Morgan fingerprint density at radius 1 is 1.05 bits per heavy atom. The van der Waals surface area contributed by atoms with Gasteiger partial charge in [-0.2, -0.15) is 0 Å². The number of hydrogen-bond acceptors (Lipinski definition) is 3. The van der Waals surface area contributed by atoms with Gasteiger partial charge in [-0.3, -0.25) is 0 Å². The van der Waals surface area contributed by atoms with Gasteiger partial charge in [-0.25, -0.2) is 0 Å². The molecule has 0 aromatic heterocycles. The smallest absolute Gasteiger partial charge is 0.119 e. The number of hydrogen-bond donors (Lipinski definition) is 1. The van der Waals surface area contributed by atoms with E-state index in [2.05, 4.69) is 53.2 Å². The van der Waals surface area contributed by atoms with Crippen LogP contribution in [0.25, 0.3) is 0 Å². The summed E-state index contributed by atoms with van der Waals surface area (Å²) in [6, 6.07) is 16.5. The minimum absolute atomic E-state index is 0.538. The van der Waals surface area contributed by atoms with E-state index in [9.17, 15) is 0 Å². The second-order valence-electron chi connectivity index (χ2n) is 5.04. The molecule has 0 saturated carbocycles. The fraction of sp³-hybridized carbons (Fsp3) is 0.222. The van der Waals surface area contributed by atoms with Crippen LogP contribution in [0.15, 0.2) is 61.2 Å². The molecule has 2 aromatic carbocycles. The fourth-order valence-electron chi connectivity index (χ4n) is 1.94. The minimum atomic E-state index is 0.538. The molecule has 0 saturated heterocycles. The standard InChI is InChI=1S/C18H22N2O/c1-4-13-21-18-11-5-15(6-12-18)14-19-16-7-9-17(10-8-16)20(2)3/h4-12,19H,1,13-14H2,2-3H3. The van der Waals surface area contributed by atoms with Gasteiger partial charge < -0.3 is 15.0 Å². The number of anilines is 2. The van der Waals surface area contributed by atoms with Crippen LogP contribution >= 0.6 is 0 Å². The Labute approximate surface area is 126 Å². The third kappa shape index (κ3) is 4.56. The number of benzene rings is 2. The summed E-state index contributed by atoms with van der Waals surface area (Å²) in [4.78, 5) is 2.09. The summed E-state index contributed by atoms with van der Waals surface area (Å²) in [5, 5.41) is 3.41. The minimum Gasteiger partial charge on any atom is -0.490 e. The summed E-state index contributed by atoms with van der Waals surface area (Å²) >= 11 is 0. The number of ether oxygens (including phenoxy) is 1. The zero-order valence-electron chi connectivity index (χ0n) is 12.7. The summed E-state index contributed by atoms with van der Waals surface area (Å²) < 4.78 is 5.47. The SMILES string of the molecule is C=CCOc1ccc(CNc2ccc(N(C)C)cc2)cc1. The molecule has 0 aliphatic heterocycles. The molecule has 21 heavy (non-hydrogen) atoms. The van der Waals surface area contributed by atoms with E-state index in [1.165, 1.54) is 11.3 Å². The molecule has 0 heterocycles. The lowest BCUT2D eigenvalue weighted by atomic mass is 10.2. The molecule has 110 valence electrons. The first-order chi connectivity index (χ1) is 10.2. The summed E-state index contributed by atoms with van der Waals surface area (Å²) in [7, 11) is 4.08. The van der Waals surface area contributed by atoms with Crippen LogP contribution in [-0.2, 0) is 6.54 Å². The van der Waals surface area contributed by atoms with Crippen molar-refractivity contribution in [1.82, 2.24) is 0 Å². The molecule has 0 unspecified atom stereocenters. The Hall–Kier alpha value is -2.42. The molecular formula is C18H22N2O. The molecule has 0 aliphatic rings. The van der Waals surface area contributed by atoms with E-state index in [1.807, 2.05) is 26.2 Å². The van der Waals surface area contributed by atoms with Crippen molar-refractivity contribution in [3.63, 3.8) is 0 Å². The lowest BCUT2D eigenvalue weighted by molar-refractivity contribution is 0.363. The lowest BCUT2D eigenvalue weighted by Crippen LogP contribution is -2.08. The highest BCUT2D eigenvalue weighted by Crippen LogP contribution is 2.17. The van der Waals surface area contributed by atoms with Gasteiger partial charge >= 0.3 is 0 Å². The van der Waals surface area contributed by atoms with Crippen molar-refractivity contribution in [3.8, 4) is 5.75 Å². The zero-order chi connectivity index (χ0) is 15.1. The summed E-state index contributed by atoms with van der Waals surface area (Å²) in [6.45, 7) is 4.97. The normalized spacial score (nSPS) is 10.0. The van der Waals surface area contributed by atoms with Crippen molar-refractivity contribution in [1.29, 1.82) is 0 Å². The number of rotatable bonds is 7. The molecule has 1 N–H and O–H groups in total. The highest BCUT2D eigenvalue weighted by Gasteiger charge is 1.98. The Morgan fingerprint density at radius 3 is 2.29 bits per heavy atom. The number of nitrogens with one attached hydrogen (secondary N) is 1. The van der Waals surface area contributed by atoms with Crippen LogP contribution in [0.4, 0.5) is 11.4 Å². The van der Waals surface area contributed by atoms with E-state index in [1.54, 1.807) is 6.08 Å². The van der Waals surface area contributed by atoms with E-state index in [4.69, 9.17) is 4.74 Å². The summed E-state index contributed by atoms with van der Waals surface area (Å²) in [6.07, 6.45) is 1.74. The topological polar surface area (TPSA) is 24.5 Å². The largest absolute Gasteiger partial charge is 0.490 e. The van der Waals surface area contributed by atoms with E-state index < -0.39 is 0 Å². The Morgan fingerprint density at radius 2 is 1.71 bits per heavy atom. The zero-order valence-corrected chi connectivity index (χ0v) is 12.7. The Bertz CT molecular complexity index is 559. The van der Waals surface area contributed by atoms with Crippen molar-refractivity contribution in [2.24, 2.45) is 0 Å². The molecular weight excluding hydrogens is 260 g/mol. The summed E-state index contributed by atoms with van der Waals surface area (Å²) in [5.41, 5.74) is 3.54. The van der Waals surface area contributed by atoms with Crippen molar-refractivity contribution >= 4 is 11.4 Å². The third-order valence-corrected chi connectivity index (χ3v) is 3.17. The second-order valence-corrected chi connectivity index (χ2v) is 5.04. The van der Waals surface area contributed by atoms with Crippen molar-refractivity contribution < 1.29 is 4.74 Å². The number of nitrogens with zero attached hydrogens (tertiary/aromatic N) is 1. The predicted molar refractivity (Wildman–Crippen MR) is 90.2 cm³/mol. The molecule has 3 heteroatoms. The van der Waals surface area contributed by atoms with E-state index in [-0.39, 0.29) is 0 Å². The van der Waals surface area contributed by atoms with Gasteiger partial charge in [-0.05, 0) is 42.0 Å². The highest BCUT2D eigenvalue weighted by molar-refractivity contribution is 5.54. The molecule has 2 aromatic rings. The van der Waals surface area contributed by atoms with Gasteiger partial charge in [0.1, 0.15) is 12.4 Å². The van der Waals surface area contributed by atoms with Gasteiger partial charge in [-0.15, -0.1) is 0 Å². The molecule has 2 rings (SSSR count). The lowest BCUT2D eigenvalue weighted by Gasteiger charge is -2.13. The first-order valence-corrected chi connectivity index (χ1v) is 7.03. The van der Waals surface area contributed by atoms with Gasteiger partial charge in [0.15, 0.2) is 0 Å². The van der Waals surface area contributed by atoms with Crippen LogP contribution in [0.2, 0.25) is 0 Å². The Kier molecular flexibility index (Phi) is 5.27. The molecule has 0 bridgehead atoms. The molecule has 0 amide bonds. The maximum atomic E-state index is 5.47. The maximum absolute atomic E-state index is 5.47. The first-order valence-electron chi connectivity index (χ1n) is 7.03. The van der Waals surface area contributed by atoms with Crippen molar-refractivity contribution in [2.45, 2.75) is 6.54 Å². The van der Waals surface area contributed by atoms with Crippen molar-refractivity contribution in [2.75, 3.05) is 30.9 Å². The third-order valence-electron chi connectivity index (χ3n) is 3.17. The van der Waals surface area contributed by atoms with Crippen molar-refractivity contribution in [3.05, 3.63) is 66.7 Å². The van der Waals surface area contributed by atoms with Gasteiger partial charge in [0.05, 0.1) is 0 Å². The molecule has 0 aliphatic carbocycles. The van der Waals surface area contributed by atoms with Gasteiger partial charge in [-0.1, -0.05) is 24.8 Å². The van der Waals surface area contributed by atoms with Gasteiger partial charge in [0.25, 0.3) is 0 Å². The van der Waals surface area contributed by atoms with Crippen LogP contribution in [0.3, 0.4) is 0 Å². The highest BCUT2D eigenvalue weighted by atomic mass is 16.5. The molecule has 0 spiro atoms. The average molecular weight is 282 g/mol. The summed E-state index contributed by atoms with van der Waals surface area (Å²) in [5.74, 6) is 0.869. The first kappa shape index (κ1) is 15.0. The van der Waals surface area contributed by atoms with Gasteiger partial charge in [0.2, 0.25) is 0 Å².